The SMILES string of the molecule is N#Cc1c(COC(=O)c2ccccc2N2CCOCC2)cn2ccccc12. The number of anilines is 1. The fourth-order valence-electron chi connectivity index (χ4n) is 3.36. The quantitative estimate of drug-likeness (QED) is 0.668. The molecule has 1 fully saturated rings. The van der Waals surface area contributed by atoms with E-state index >= 15 is 0 Å². The van der Waals surface area contributed by atoms with Gasteiger partial charge in [-0.25, -0.2) is 4.79 Å². The number of aromatic nitrogens is 1. The van der Waals surface area contributed by atoms with Crippen LogP contribution in [0.5, 0.6) is 0 Å². The zero-order valence-electron chi connectivity index (χ0n) is 14.8. The second-order valence-corrected chi connectivity index (χ2v) is 6.33. The molecule has 1 aromatic carbocycles. The van der Waals surface area contributed by atoms with Crippen molar-refractivity contribution < 1.29 is 14.3 Å². The van der Waals surface area contributed by atoms with Gasteiger partial charge in [-0.05, 0) is 24.3 Å². The molecule has 0 spiro atoms. The molecule has 136 valence electrons. The molecule has 6 heteroatoms. The summed E-state index contributed by atoms with van der Waals surface area (Å²) in [5.41, 5.74) is 3.42. The predicted octanol–water partition coefficient (Wildman–Crippen LogP) is 3.00. The third-order valence-electron chi connectivity index (χ3n) is 4.71. The first-order valence-corrected chi connectivity index (χ1v) is 8.85. The summed E-state index contributed by atoms with van der Waals surface area (Å²) in [5, 5.41) is 9.48. The number of benzene rings is 1. The highest BCUT2D eigenvalue weighted by molar-refractivity contribution is 5.96. The van der Waals surface area contributed by atoms with Crippen LogP contribution in [0.1, 0.15) is 21.5 Å². The van der Waals surface area contributed by atoms with Gasteiger partial charge in [-0.15, -0.1) is 0 Å². The van der Waals surface area contributed by atoms with Crippen LogP contribution in [0.4, 0.5) is 5.69 Å². The highest BCUT2D eigenvalue weighted by Crippen LogP contribution is 2.24. The Bertz CT molecular complexity index is 1010. The molecular weight excluding hydrogens is 342 g/mol. The number of carbonyl (C=O) groups is 1. The molecule has 0 bridgehead atoms. The lowest BCUT2D eigenvalue weighted by molar-refractivity contribution is 0.0472. The first-order chi connectivity index (χ1) is 13.3. The fraction of sp³-hybridized carbons (Fsp3) is 0.238. The maximum Gasteiger partial charge on any atom is 0.340 e. The van der Waals surface area contributed by atoms with Gasteiger partial charge in [0, 0.05) is 31.0 Å². The van der Waals surface area contributed by atoms with E-state index in [4.69, 9.17) is 9.47 Å². The number of morpholine rings is 1. The van der Waals surface area contributed by atoms with Crippen LogP contribution in [0.3, 0.4) is 0 Å². The highest BCUT2D eigenvalue weighted by atomic mass is 16.5. The Morgan fingerprint density at radius 2 is 1.93 bits per heavy atom. The number of rotatable bonds is 4. The van der Waals surface area contributed by atoms with Crippen LogP contribution in [-0.2, 0) is 16.1 Å². The van der Waals surface area contributed by atoms with E-state index in [0.29, 0.717) is 29.9 Å². The Balaban J connectivity index is 1.55. The maximum absolute atomic E-state index is 12.7. The van der Waals surface area contributed by atoms with Crippen LogP contribution in [-0.4, -0.2) is 36.7 Å². The van der Waals surface area contributed by atoms with Gasteiger partial charge in [0.2, 0.25) is 0 Å². The van der Waals surface area contributed by atoms with Crippen molar-refractivity contribution in [1.29, 1.82) is 5.26 Å². The van der Waals surface area contributed by atoms with Gasteiger partial charge in [0.25, 0.3) is 0 Å². The lowest BCUT2D eigenvalue weighted by Gasteiger charge is -2.30. The van der Waals surface area contributed by atoms with E-state index in [0.717, 1.165) is 24.3 Å². The van der Waals surface area contributed by atoms with E-state index < -0.39 is 5.97 Å². The monoisotopic (exact) mass is 361 g/mol. The summed E-state index contributed by atoms with van der Waals surface area (Å²) in [6, 6.07) is 15.3. The van der Waals surface area contributed by atoms with Crippen LogP contribution in [0.15, 0.2) is 54.9 Å². The van der Waals surface area contributed by atoms with Gasteiger partial charge in [-0.3, -0.25) is 0 Å². The molecule has 0 N–H and O–H groups in total. The average Bonchev–Trinajstić information content (AvgIpc) is 3.10. The summed E-state index contributed by atoms with van der Waals surface area (Å²) in [6.45, 7) is 2.83. The number of pyridine rings is 1. The average molecular weight is 361 g/mol. The summed E-state index contributed by atoms with van der Waals surface area (Å²) in [4.78, 5) is 14.9. The molecule has 3 aromatic rings. The second-order valence-electron chi connectivity index (χ2n) is 6.33. The molecule has 3 heterocycles. The van der Waals surface area contributed by atoms with Crippen LogP contribution < -0.4 is 4.90 Å². The molecule has 0 unspecified atom stereocenters. The predicted molar refractivity (Wildman–Crippen MR) is 101 cm³/mol. The van der Waals surface area contributed by atoms with E-state index in [-0.39, 0.29) is 6.61 Å². The van der Waals surface area contributed by atoms with Gasteiger partial charge in [-0.1, -0.05) is 18.2 Å². The lowest BCUT2D eigenvalue weighted by Crippen LogP contribution is -2.37. The summed E-state index contributed by atoms with van der Waals surface area (Å²) in [7, 11) is 0. The first-order valence-electron chi connectivity index (χ1n) is 8.85. The zero-order chi connectivity index (χ0) is 18.6. The van der Waals surface area contributed by atoms with Crippen LogP contribution >= 0.6 is 0 Å². The molecular formula is C21H19N3O3. The Hall–Kier alpha value is -3.30. The number of para-hydroxylation sites is 1. The molecule has 0 aliphatic carbocycles. The second kappa shape index (κ2) is 7.52. The highest BCUT2D eigenvalue weighted by Gasteiger charge is 2.20. The van der Waals surface area contributed by atoms with Gasteiger partial charge in [0.1, 0.15) is 12.7 Å². The molecule has 1 aliphatic heterocycles. The van der Waals surface area contributed by atoms with Gasteiger partial charge >= 0.3 is 5.97 Å². The van der Waals surface area contributed by atoms with Crippen molar-refractivity contribution in [2.75, 3.05) is 31.2 Å². The number of hydrogen-bond acceptors (Lipinski definition) is 5. The van der Waals surface area contributed by atoms with Crippen molar-refractivity contribution in [3.8, 4) is 6.07 Å². The van der Waals surface area contributed by atoms with Gasteiger partial charge in [0.05, 0.1) is 35.5 Å². The van der Waals surface area contributed by atoms with Crippen LogP contribution in [0, 0.1) is 11.3 Å². The molecule has 0 radical (unpaired) electrons. The maximum atomic E-state index is 12.7. The summed E-state index contributed by atoms with van der Waals surface area (Å²) < 4.78 is 12.8. The Labute approximate surface area is 157 Å². The molecule has 0 atom stereocenters. The van der Waals surface area contributed by atoms with E-state index in [1.165, 1.54) is 0 Å². The molecule has 0 amide bonds. The molecule has 27 heavy (non-hydrogen) atoms. The lowest BCUT2D eigenvalue weighted by atomic mass is 10.1. The number of carbonyl (C=O) groups excluding carboxylic acids is 1. The minimum atomic E-state index is -0.392. The molecule has 4 rings (SSSR count). The van der Waals surface area contributed by atoms with Crippen molar-refractivity contribution >= 4 is 17.2 Å². The third-order valence-corrected chi connectivity index (χ3v) is 4.71. The third kappa shape index (κ3) is 3.37. The molecule has 1 saturated heterocycles. The van der Waals surface area contributed by atoms with Crippen LogP contribution in [0.25, 0.3) is 5.52 Å². The number of hydrogen-bond donors (Lipinski definition) is 0. The Morgan fingerprint density at radius 1 is 1.15 bits per heavy atom. The van der Waals surface area contributed by atoms with Crippen molar-refractivity contribution in [1.82, 2.24) is 4.40 Å². The zero-order valence-corrected chi connectivity index (χ0v) is 14.8. The van der Waals surface area contributed by atoms with Crippen LogP contribution in [0.2, 0.25) is 0 Å². The Kier molecular flexibility index (Phi) is 4.77. The van der Waals surface area contributed by atoms with Crippen molar-refractivity contribution in [2.45, 2.75) is 6.61 Å². The van der Waals surface area contributed by atoms with E-state index in [2.05, 4.69) is 11.0 Å². The summed E-state index contributed by atoms with van der Waals surface area (Å²) in [5.74, 6) is -0.392. The first kappa shape index (κ1) is 17.1. The largest absolute Gasteiger partial charge is 0.457 e. The number of nitriles is 1. The number of fused-ring (bicyclic) bond motifs is 1. The molecule has 6 nitrogen and oxygen atoms in total. The minimum Gasteiger partial charge on any atom is -0.457 e. The number of nitrogens with zero attached hydrogens (tertiary/aromatic N) is 3. The standard InChI is InChI=1S/C21H19N3O3/c22-13-18-16(14-24-8-4-3-7-20(18)24)15-27-21(25)17-5-1-2-6-19(17)23-9-11-26-12-10-23/h1-8,14H,9-12,15H2. The molecule has 0 saturated carbocycles. The topological polar surface area (TPSA) is 67.0 Å². The van der Waals surface area contributed by atoms with E-state index in [9.17, 15) is 10.1 Å². The summed E-state index contributed by atoms with van der Waals surface area (Å²) >= 11 is 0. The normalized spacial score (nSPS) is 14.1. The Morgan fingerprint density at radius 3 is 2.74 bits per heavy atom. The van der Waals surface area contributed by atoms with Crippen molar-refractivity contribution in [2.24, 2.45) is 0 Å². The van der Waals surface area contributed by atoms with Crippen molar-refractivity contribution in [3.05, 3.63) is 71.5 Å². The van der Waals surface area contributed by atoms with Gasteiger partial charge in [0.15, 0.2) is 0 Å². The van der Waals surface area contributed by atoms with E-state index in [1.807, 2.05) is 53.2 Å². The van der Waals surface area contributed by atoms with Gasteiger partial charge in [-0.2, -0.15) is 5.26 Å². The van der Waals surface area contributed by atoms with Crippen molar-refractivity contribution in [3.63, 3.8) is 0 Å². The molecule has 2 aromatic heterocycles. The summed E-state index contributed by atoms with van der Waals surface area (Å²) in [6.07, 6.45) is 3.70. The smallest absolute Gasteiger partial charge is 0.340 e. The number of ether oxygens (including phenoxy) is 2. The van der Waals surface area contributed by atoms with Gasteiger partial charge < -0.3 is 18.8 Å². The minimum absolute atomic E-state index is 0.0564. The number of esters is 1. The van der Waals surface area contributed by atoms with E-state index in [1.54, 1.807) is 6.07 Å². The fourth-order valence-corrected chi connectivity index (χ4v) is 3.36. The molecule has 1 aliphatic rings.